The molecule has 92 valence electrons. The van der Waals surface area contributed by atoms with Crippen molar-refractivity contribution < 1.29 is 19.1 Å². The summed E-state index contributed by atoms with van der Waals surface area (Å²) in [7, 11) is 0. The second-order valence-electron chi connectivity index (χ2n) is 4.91. The highest BCUT2D eigenvalue weighted by molar-refractivity contribution is 5.72. The van der Waals surface area contributed by atoms with Gasteiger partial charge in [0.1, 0.15) is 12.2 Å². The van der Waals surface area contributed by atoms with Crippen LogP contribution in [0.25, 0.3) is 0 Å². The van der Waals surface area contributed by atoms with Gasteiger partial charge in [-0.2, -0.15) is 0 Å². The number of carbonyl (C=O) groups excluding carboxylic acids is 2. The Balaban J connectivity index is 2.67. The second kappa shape index (κ2) is 5.32. The van der Waals surface area contributed by atoms with Crippen LogP contribution >= 0.6 is 0 Å². The van der Waals surface area contributed by atoms with Gasteiger partial charge in [-0.25, -0.2) is 0 Å². The lowest BCUT2D eigenvalue weighted by molar-refractivity contribution is -0.162. The van der Waals surface area contributed by atoms with Crippen LogP contribution in [0.15, 0.2) is 0 Å². The maximum absolute atomic E-state index is 11.2. The Kier molecular flexibility index (Phi) is 4.33. The van der Waals surface area contributed by atoms with Gasteiger partial charge >= 0.3 is 11.9 Å². The van der Waals surface area contributed by atoms with Crippen molar-refractivity contribution in [1.82, 2.24) is 0 Å². The van der Waals surface area contributed by atoms with Gasteiger partial charge in [0, 0.05) is 12.8 Å². The van der Waals surface area contributed by atoms with E-state index in [0.29, 0.717) is 12.3 Å². The van der Waals surface area contributed by atoms with E-state index < -0.39 is 0 Å². The molecule has 0 saturated carbocycles. The molecule has 1 rings (SSSR count). The first-order valence-corrected chi connectivity index (χ1v) is 5.76. The summed E-state index contributed by atoms with van der Waals surface area (Å²) in [6.07, 6.45) is 0.556. The molecule has 1 fully saturated rings. The molecule has 0 aromatic heterocycles. The van der Waals surface area contributed by atoms with Crippen molar-refractivity contribution in [3.63, 3.8) is 0 Å². The van der Waals surface area contributed by atoms with E-state index in [1.165, 1.54) is 6.92 Å². The minimum absolute atomic E-state index is 0.121. The van der Waals surface area contributed by atoms with Crippen molar-refractivity contribution in [2.75, 3.05) is 0 Å². The summed E-state index contributed by atoms with van der Waals surface area (Å²) in [5.74, 6) is 0.00524. The fourth-order valence-electron chi connectivity index (χ4n) is 2.06. The zero-order chi connectivity index (χ0) is 12.3. The summed E-state index contributed by atoms with van der Waals surface area (Å²) in [5, 5.41) is 0. The van der Waals surface area contributed by atoms with Gasteiger partial charge in [0.05, 0.1) is 6.42 Å². The van der Waals surface area contributed by atoms with Crippen LogP contribution in [0.2, 0.25) is 0 Å². The standard InChI is InChI=1S/C12H20O4/c1-7(2)5-10(15-9(4)13)12-8(3)6-11(14)16-12/h7-8,10,12H,5-6H2,1-4H3/t8-,10?,12?/m1/s1. The smallest absolute Gasteiger partial charge is 0.306 e. The van der Waals surface area contributed by atoms with Crippen LogP contribution < -0.4 is 0 Å². The van der Waals surface area contributed by atoms with Crippen molar-refractivity contribution in [3.8, 4) is 0 Å². The Morgan fingerprint density at radius 3 is 2.56 bits per heavy atom. The number of carbonyl (C=O) groups is 2. The lowest BCUT2D eigenvalue weighted by Crippen LogP contribution is -2.35. The first kappa shape index (κ1) is 13.0. The van der Waals surface area contributed by atoms with Gasteiger partial charge in [0.15, 0.2) is 0 Å². The van der Waals surface area contributed by atoms with Crippen molar-refractivity contribution in [2.24, 2.45) is 11.8 Å². The minimum atomic E-state index is -0.319. The average molecular weight is 228 g/mol. The van der Waals surface area contributed by atoms with Gasteiger partial charge in [0.2, 0.25) is 0 Å². The molecule has 0 amide bonds. The molecule has 4 nitrogen and oxygen atoms in total. The summed E-state index contributed by atoms with van der Waals surface area (Å²) in [5.41, 5.74) is 0. The molecule has 4 heteroatoms. The Morgan fingerprint density at radius 2 is 2.19 bits per heavy atom. The van der Waals surface area contributed by atoms with E-state index in [4.69, 9.17) is 9.47 Å². The molecular weight excluding hydrogens is 208 g/mol. The van der Waals surface area contributed by atoms with Gasteiger partial charge in [-0.15, -0.1) is 0 Å². The molecule has 0 aliphatic carbocycles. The lowest BCUT2D eigenvalue weighted by Gasteiger charge is -2.26. The third-order valence-electron chi connectivity index (χ3n) is 2.70. The van der Waals surface area contributed by atoms with Gasteiger partial charge in [-0.3, -0.25) is 9.59 Å². The lowest BCUT2D eigenvalue weighted by atomic mass is 9.93. The number of ether oxygens (including phenoxy) is 2. The van der Waals surface area contributed by atoms with Crippen molar-refractivity contribution in [3.05, 3.63) is 0 Å². The van der Waals surface area contributed by atoms with Crippen LogP contribution in [0.3, 0.4) is 0 Å². The molecular formula is C12H20O4. The summed E-state index contributed by atoms with van der Waals surface area (Å²) < 4.78 is 10.5. The maximum atomic E-state index is 11.2. The summed E-state index contributed by atoms with van der Waals surface area (Å²) in [6, 6.07) is 0. The van der Waals surface area contributed by atoms with Crippen molar-refractivity contribution in [2.45, 2.75) is 52.7 Å². The van der Waals surface area contributed by atoms with E-state index >= 15 is 0 Å². The van der Waals surface area contributed by atoms with Crippen LogP contribution in [0, 0.1) is 11.8 Å². The second-order valence-corrected chi connectivity index (χ2v) is 4.91. The van der Waals surface area contributed by atoms with Gasteiger partial charge in [-0.05, 0) is 12.3 Å². The maximum Gasteiger partial charge on any atom is 0.306 e. The quantitative estimate of drug-likeness (QED) is 0.690. The first-order chi connectivity index (χ1) is 7.40. The zero-order valence-corrected chi connectivity index (χ0v) is 10.4. The number of hydrogen-bond donors (Lipinski definition) is 0. The fourth-order valence-corrected chi connectivity index (χ4v) is 2.06. The Morgan fingerprint density at radius 1 is 1.56 bits per heavy atom. The van der Waals surface area contributed by atoms with Crippen LogP contribution in [0.5, 0.6) is 0 Å². The largest absolute Gasteiger partial charge is 0.459 e. The highest BCUT2D eigenvalue weighted by Crippen LogP contribution is 2.28. The SMILES string of the molecule is CC(=O)OC(CC(C)C)C1OC(=O)C[C@H]1C. The van der Waals surface area contributed by atoms with Crippen LogP contribution in [-0.2, 0) is 19.1 Å². The Bertz CT molecular complexity index is 272. The average Bonchev–Trinajstić information content (AvgIpc) is 2.42. The summed E-state index contributed by atoms with van der Waals surface area (Å²) >= 11 is 0. The molecule has 3 atom stereocenters. The molecule has 0 spiro atoms. The van der Waals surface area contributed by atoms with E-state index in [9.17, 15) is 9.59 Å². The summed E-state index contributed by atoms with van der Waals surface area (Å²) in [4.78, 5) is 22.2. The molecule has 16 heavy (non-hydrogen) atoms. The third kappa shape index (κ3) is 3.51. The van der Waals surface area contributed by atoms with Gasteiger partial charge < -0.3 is 9.47 Å². The molecule has 0 N–H and O–H groups in total. The molecule has 1 saturated heterocycles. The molecule has 1 aliphatic heterocycles. The molecule has 0 bridgehead atoms. The van der Waals surface area contributed by atoms with Gasteiger partial charge in [0.25, 0.3) is 0 Å². The Labute approximate surface area is 96.3 Å². The monoisotopic (exact) mass is 228 g/mol. The highest BCUT2D eigenvalue weighted by atomic mass is 16.6. The van der Waals surface area contributed by atoms with E-state index in [2.05, 4.69) is 13.8 Å². The minimum Gasteiger partial charge on any atom is -0.459 e. The summed E-state index contributed by atoms with van der Waals surface area (Å²) in [6.45, 7) is 7.44. The number of cyclic esters (lactones) is 1. The molecule has 1 aliphatic rings. The van der Waals surface area contributed by atoms with E-state index in [1.807, 2.05) is 6.92 Å². The fraction of sp³-hybridized carbons (Fsp3) is 0.833. The normalized spacial score (nSPS) is 26.7. The van der Waals surface area contributed by atoms with Crippen LogP contribution in [-0.4, -0.2) is 24.1 Å². The van der Waals surface area contributed by atoms with Crippen molar-refractivity contribution >= 4 is 11.9 Å². The van der Waals surface area contributed by atoms with Crippen LogP contribution in [0.1, 0.15) is 40.5 Å². The van der Waals surface area contributed by atoms with E-state index in [-0.39, 0.29) is 30.1 Å². The molecule has 0 aromatic carbocycles. The number of esters is 2. The predicted octanol–water partition coefficient (Wildman–Crippen LogP) is 1.92. The van der Waals surface area contributed by atoms with Crippen LogP contribution in [0.4, 0.5) is 0 Å². The number of rotatable bonds is 4. The first-order valence-electron chi connectivity index (χ1n) is 5.76. The highest BCUT2D eigenvalue weighted by Gasteiger charge is 2.39. The number of hydrogen-bond acceptors (Lipinski definition) is 4. The van der Waals surface area contributed by atoms with E-state index in [0.717, 1.165) is 6.42 Å². The zero-order valence-electron chi connectivity index (χ0n) is 10.4. The third-order valence-corrected chi connectivity index (χ3v) is 2.70. The Hall–Kier alpha value is -1.06. The molecule has 0 radical (unpaired) electrons. The predicted molar refractivity (Wildman–Crippen MR) is 58.7 cm³/mol. The van der Waals surface area contributed by atoms with Crippen molar-refractivity contribution in [1.29, 1.82) is 0 Å². The molecule has 1 heterocycles. The molecule has 0 aromatic rings. The molecule has 2 unspecified atom stereocenters. The topological polar surface area (TPSA) is 52.6 Å². The van der Waals surface area contributed by atoms with E-state index in [1.54, 1.807) is 0 Å². The van der Waals surface area contributed by atoms with Gasteiger partial charge in [-0.1, -0.05) is 20.8 Å².